The van der Waals surface area contributed by atoms with E-state index in [4.69, 9.17) is 0 Å². The number of carbonyl (C=O) groups is 1. The van der Waals surface area contributed by atoms with Gasteiger partial charge in [-0.05, 0) is 54.8 Å². The first kappa shape index (κ1) is 17.2. The zero-order chi connectivity index (χ0) is 18.1. The molecule has 2 heterocycles. The van der Waals surface area contributed by atoms with Crippen LogP contribution in [0.5, 0.6) is 0 Å². The summed E-state index contributed by atoms with van der Waals surface area (Å²) in [6.45, 7) is 6.07. The highest BCUT2D eigenvalue weighted by Crippen LogP contribution is 2.42. The molecule has 0 bridgehead atoms. The van der Waals surface area contributed by atoms with Gasteiger partial charge in [0.25, 0.3) is 0 Å². The number of carbonyl (C=O) groups excluding carboxylic acids is 1. The highest BCUT2D eigenvalue weighted by Gasteiger charge is 2.42. The Morgan fingerprint density at radius 1 is 1.08 bits per heavy atom. The molecule has 2 aromatic rings. The number of likely N-dealkylation sites (tertiary alicyclic amines) is 1. The molecule has 26 heavy (non-hydrogen) atoms. The van der Waals surface area contributed by atoms with Crippen molar-refractivity contribution in [1.82, 2.24) is 9.80 Å². The van der Waals surface area contributed by atoms with Crippen LogP contribution in [0.15, 0.2) is 48.5 Å². The molecule has 0 radical (unpaired) electrons. The van der Waals surface area contributed by atoms with Crippen molar-refractivity contribution in [3.05, 3.63) is 71.0 Å². The lowest BCUT2D eigenvalue weighted by Gasteiger charge is -2.48. The van der Waals surface area contributed by atoms with Gasteiger partial charge in [0.2, 0.25) is 5.91 Å². The van der Waals surface area contributed by atoms with Gasteiger partial charge in [-0.25, -0.2) is 4.39 Å². The van der Waals surface area contributed by atoms with E-state index in [-0.39, 0.29) is 17.1 Å². The Hall–Kier alpha value is -2.20. The number of amides is 1. The molecule has 0 N–H and O–H groups in total. The van der Waals surface area contributed by atoms with Gasteiger partial charge in [0.1, 0.15) is 5.82 Å². The fourth-order valence-electron chi connectivity index (χ4n) is 4.52. The molecule has 1 amide bonds. The molecule has 3 nitrogen and oxygen atoms in total. The summed E-state index contributed by atoms with van der Waals surface area (Å²) < 4.78 is 13.1. The summed E-state index contributed by atoms with van der Waals surface area (Å²) in [5.74, 6) is -0.0258. The molecule has 2 aromatic carbocycles. The van der Waals surface area contributed by atoms with Gasteiger partial charge in [0.05, 0.1) is 0 Å². The number of piperidine rings is 1. The normalized spacial score (nSPS) is 19.4. The van der Waals surface area contributed by atoms with Crippen LogP contribution >= 0.6 is 0 Å². The van der Waals surface area contributed by atoms with Gasteiger partial charge in [0.15, 0.2) is 0 Å². The quantitative estimate of drug-likeness (QED) is 0.822. The summed E-state index contributed by atoms with van der Waals surface area (Å²) in [5.41, 5.74) is 3.94. The zero-order valence-electron chi connectivity index (χ0n) is 15.2. The molecule has 4 heteroatoms. The first-order chi connectivity index (χ1) is 12.6. The van der Waals surface area contributed by atoms with Crippen LogP contribution in [0.25, 0.3) is 0 Å². The Labute approximate surface area is 154 Å². The summed E-state index contributed by atoms with van der Waals surface area (Å²) in [6.07, 6.45) is 2.10. The van der Waals surface area contributed by atoms with E-state index in [1.54, 1.807) is 6.92 Å². The maximum absolute atomic E-state index is 13.1. The summed E-state index contributed by atoms with van der Waals surface area (Å²) >= 11 is 0. The SMILES string of the molecule is CC(=O)N1Cc2ccccc2C2(CCN(Cc3ccc(F)cc3)CC2)C1. The average molecular weight is 352 g/mol. The van der Waals surface area contributed by atoms with Gasteiger partial charge in [0, 0.05) is 32.0 Å². The molecule has 1 spiro atoms. The summed E-state index contributed by atoms with van der Waals surface area (Å²) in [5, 5.41) is 0. The number of rotatable bonds is 2. The van der Waals surface area contributed by atoms with E-state index in [0.717, 1.165) is 51.1 Å². The Morgan fingerprint density at radius 3 is 2.46 bits per heavy atom. The Balaban J connectivity index is 1.51. The van der Waals surface area contributed by atoms with Crippen molar-refractivity contribution in [1.29, 1.82) is 0 Å². The monoisotopic (exact) mass is 352 g/mol. The van der Waals surface area contributed by atoms with Crippen molar-refractivity contribution < 1.29 is 9.18 Å². The fraction of sp³-hybridized carbons (Fsp3) is 0.409. The molecule has 0 aliphatic carbocycles. The molecule has 0 aromatic heterocycles. The van der Waals surface area contributed by atoms with E-state index in [2.05, 4.69) is 29.2 Å². The Kier molecular flexibility index (Phi) is 4.53. The summed E-state index contributed by atoms with van der Waals surface area (Å²) in [4.78, 5) is 16.5. The number of benzene rings is 2. The zero-order valence-corrected chi connectivity index (χ0v) is 15.2. The molecule has 2 aliphatic rings. The van der Waals surface area contributed by atoms with Crippen LogP contribution in [-0.2, 0) is 23.3 Å². The maximum Gasteiger partial charge on any atom is 0.219 e. The minimum atomic E-state index is -0.186. The maximum atomic E-state index is 13.1. The highest BCUT2D eigenvalue weighted by molar-refractivity contribution is 5.74. The van der Waals surface area contributed by atoms with Crippen molar-refractivity contribution in [3.8, 4) is 0 Å². The van der Waals surface area contributed by atoms with Crippen LogP contribution < -0.4 is 0 Å². The largest absolute Gasteiger partial charge is 0.338 e. The van der Waals surface area contributed by atoms with Gasteiger partial charge >= 0.3 is 0 Å². The van der Waals surface area contributed by atoms with E-state index in [9.17, 15) is 9.18 Å². The lowest BCUT2D eigenvalue weighted by Crippen LogP contribution is -2.52. The van der Waals surface area contributed by atoms with Gasteiger partial charge in [-0.1, -0.05) is 36.4 Å². The van der Waals surface area contributed by atoms with E-state index in [1.165, 1.54) is 23.3 Å². The second-order valence-electron chi connectivity index (χ2n) is 7.72. The van der Waals surface area contributed by atoms with Crippen LogP contribution in [0.1, 0.15) is 36.5 Å². The second kappa shape index (κ2) is 6.84. The van der Waals surface area contributed by atoms with Gasteiger partial charge < -0.3 is 4.90 Å². The molecule has 136 valence electrons. The molecule has 2 aliphatic heterocycles. The van der Waals surface area contributed by atoms with Crippen LogP contribution in [0.3, 0.4) is 0 Å². The second-order valence-corrected chi connectivity index (χ2v) is 7.72. The molecule has 4 rings (SSSR count). The Morgan fingerprint density at radius 2 is 1.77 bits per heavy atom. The summed E-state index contributed by atoms with van der Waals surface area (Å²) in [7, 11) is 0. The molecule has 0 saturated carbocycles. The number of fused-ring (bicyclic) bond motifs is 2. The van der Waals surface area contributed by atoms with E-state index >= 15 is 0 Å². The predicted octanol–water partition coefficient (Wildman–Crippen LogP) is 3.72. The topological polar surface area (TPSA) is 23.6 Å². The first-order valence-electron chi connectivity index (χ1n) is 9.36. The van der Waals surface area contributed by atoms with Crippen LogP contribution in [-0.4, -0.2) is 35.3 Å². The third kappa shape index (κ3) is 3.26. The lowest BCUT2D eigenvalue weighted by atomic mass is 9.69. The number of nitrogens with zero attached hydrogens (tertiary/aromatic N) is 2. The molecular weight excluding hydrogens is 327 g/mol. The third-order valence-electron chi connectivity index (χ3n) is 6.02. The number of halogens is 1. The highest BCUT2D eigenvalue weighted by atomic mass is 19.1. The van der Waals surface area contributed by atoms with Crippen LogP contribution in [0, 0.1) is 5.82 Å². The predicted molar refractivity (Wildman–Crippen MR) is 100 cm³/mol. The minimum absolute atomic E-state index is 0.0693. The van der Waals surface area contributed by atoms with Crippen molar-refractivity contribution in [3.63, 3.8) is 0 Å². The molecule has 1 saturated heterocycles. The average Bonchev–Trinajstić information content (AvgIpc) is 2.65. The molecule has 0 unspecified atom stereocenters. The van der Waals surface area contributed by atoms with Crippen molar-refractivity contribution >= 4 is 5.91 Å². The van der Waals surface area contributed by atoms with E-state index in [1.807, 2.05) is 17.0 Å². The van der Waals surface area contributed by atoms with Crippen molar-refractivity contribution in [2.24, 2.45) is 0 Å². The Bertz CT molecular complexity index is 794. The smallest absolute Gasteiger partial charge is 0.219 e. The van der Waals surface area contributed by atoms with Crippen LogP contribution in [0.4, 0.5) is 4.39 Å². The minimum Gasteiger partial charge on any atom is -0.338 e. The van der Waals surface area contributed by atoms with E-state index in [0.29, 0.717) is 0 Å². The van der Waals surface area contributed by atoms with Gasteiger partial charge in [-0.15, -0.1) is 0 Å². The molecule has 0 atom stereocenters. The molecule has 1 fully saturated rings. The standard InChI is InChI=1S/C22H25FN2O/c1-17(26)25-15-19-4-2-3-5-21(19)22(16-25)10-12-24(13-11-22)14-18-6-8-20(23)9-7-18/h2-9H,10-16H2,1H3. The third-order valence-corrected chi connectivity index (χ3v) is 6.02. The number of hydrogen-bond donors (Lipinski definition) is 0. The van der Waals surface area contributed by atoms with Gasteiger partial charge in [-0.2, -0.15) is 0 Å². The van der Waals surface area contributed by atoms with Crippen molar-refractivity contribution in [2.75, 3.05) is 19.6 Å². The van der Waals surface area contributed by atoms with Gasteiger partial charge in [-0.3, -0.25) is 9.69 Å². The van der Waals surface area contributed by atoms with Crippen LogP contribution in [0.2, 0.25) is 0 Å². The fourth-order valence-corrected chi connectivity index (χ4v) is 4.52. The molecular formula is C22H25FN2O. The summed E-state index contributed by atoms with van der Waals surface area (Å²) in [6, 6.07) is 15.4. The first-order valence-corrected chi connectivity index (χ1v) is 9.36. The van der Waals surface area contributed by atoms with Crippen molar-refractivity contribution in [2.45, 2.75) is 38.3 Å². The van der Waals surface area contributed by atoms with E-state index < -0.39 is 0 Å². The lowest BCUT2D eigenvalue weighted by molar-refractivity contribution is -0.131. The number of hydrogen-bond acceptors (Lipinski definition) is 2.